The molecule has 2 bridgehead atoms. The Hall–Kier alpha value is -1.88. The summed E-state index contributed by atoms with van der Waals surface area (Å²) in [5.41, 5.74) is 7.55. The van der Waals surface area contributed by atoms with E-state index < -0.39 is 11.6 Å². The number of esters is 1. The zero-order valence-corrected chi connectivity index (χ0v) is 19.8. The van der Waals surface area contributed by atoms with Crippen LogP contribution in [0.1, 0.15) is 83.7 Å². The summed E-state index contributed by atoms with van der Waals surface area (Å²) in [4.78, 5) is 29.7. The van der Waals surface area contributed by atoms with E-state index in [2.05, 4.69) is 12.1 Å². The molecule has 32 heavy (non-hydrogen) atoms. The van der Waals surface area contributed by atoms with Gasteiger partial charge in [0.15, 0.2) is 0 Å². The first kappa shape index (κ1) is 21.9. The third-order valence-electron chi connectivity index (χ3n) is 8.51. The first-order chi connectivity index (χ1) is 15.2. The van der Waals surface area contributed by atoms with E-state index in [4.69, 9.17) is 10.5 Å². The van der Waals surface area contributed by atoms with Crippen LogP contribution in [-0.2, 0) is 14.3 Å². The minimum Gasteiger partial charge on any atom is -0.458 e. The molecule has 0 spiro atoms. The lowest BCUT2D eigenvalue weighted by molar-refractivity contribution is -0.186. The Kier molecular flexibility index (Phi) is 5.39. The second-order valence-corrected chi connectivity index (χ2v) is 11.9. The summed E-state index contributed by atoms with van der Waals surface area (Å²) in [6, 6.07) is 8.98. The number of benzene rings is 1. The number of nitrogens with two attached hydrogens (primary N) is 1. The molecule has 1 aromatic rings. The molecule has 0 aromatic heterocycles. The lowest BCUT2D eigenvalue weighted by Gasteiger charge is -2.66. The Morgan fingerprint density at radius 2 is 1.66 bits per heavy atom. The maximum atomic E-state index is 14.1. The van der Waals surface area contributed by atoms with Gasteiger partial charge in [-0.25, -0.2) is 4.79 Å². The van der Waals surface area contributed by atoms with Crippen LogP contribution in [0.4, 0.5) is 0 Å². The summed E-state index contributed by atoms with van der Waals surface area (Å²) >= 11 is 0. The molecule has 1 amide bonds. The molecule has 2 N–H and O–H groups in total. The summed E-state index contributed by atoms with van der Waals surface area (Å²) in [7, 11) is 0. The van der Waals surface area contributed by atoms with E-state index in [1.54, 1.807) is 0 Å². The predicted molar refractivity (Wildman–Crippen MR) is 123 cm³/mol. The third-order valence-corrected chi connectivity index (χ3v) is 8.51. The van der Waals surface area contributed by atoms with Gasteiger partial charge in [-0.3, -0.25) is 4.79 Å². The van der Waals surface area contributed by atoms with E-state index >= 15 is 0 Å². The summed E-state index contributed by atoms with van der Waals surface area (Å²) in [5.74, 6) is 0.558. The van der Waals surface area contributed by atoms with Gasteiger partial charge in [0, 0.05) is 17.9 Å². The van der Waals surface area contributed by atoms with Gasteiger partial charge in [0.25, 0.3) is 0 Å². The molecule has 4 atom stereocenters. The van der Waals surface area contributed by atoms with Crippen LogP contribution in [0.5, 0.6) is 0 Å². The molecule has 0 unspecified atom stereocenters. The van der Waals surface area contributed by atoms with Crippen LogP contribution < -0.4 is 5.73 Å². The van der Waals surface area contributed by atoms with Crippen LogP contribution >= 0.6 is 0 Å². The standard InChI is InChI=1S/C27H38N2O3/c1-26(2,3)32-25(31)23-20(27-14-17(15-27)16-27)21(28)22(18-10-6-4-7-11-18)29(23)24(30)19-12-8-5-9-13-19/h4,6-7,10-11,17,19-23H,5,8-9,12-16,28H2,1-3H3/t17?,20-,21-,22-,23-,27?/m0/s1. The van der Waals surface area contributed by atoms with E-state index in [9.17, 15) is 9.59 Å². The van der Waals surface area contributed by atoms with E-state index in [-0.39, 0.29) is 41.2 Å². The van der Waals surface area contributed by atoms with Crippen molar-refractivity contribution in [2.24, 2.45) is 28.9 Å². The maximum Gasteiger partial charge on any atom is 0.329 e. The van der Waals surface area contributed by atoms with Gasteiger partial charge in [0.2, 0.25) is 5.91 Å². The highest BCUT2D eigenvalue weighted by Crippen LogP contribution is 2.71. The zero-order valence-electron chi connectivity index (χ0n) is 19.8. The predicted octanol–water partition coefficient (Wildman–Crippen LogP) is 4.60. The molecule has 4 saturated carbocycles. The normalized spacial score (nSPS) is 36.9. The molecule has 1 heterocycles. The van der Waals surface area contributed by atoms with E-state index in [0.29, 0.717) is 0 Å². The summed E-state index contributed by atoms with van der Waals surface area (Å²) < 4.78 is 5.94. The van der Waals surface area contributed by atoms with Crippen molar-refractivity contribution in [3.63, 3.8) is 0 Å². The summed E-state index contributed by atoms with van der Waals surface area (Å²) in [5, 5.41) is 0. The van der Waals surface area contributed by atoms with Crippen molar-refractivity contribution in [2.75, 3.05) is 0 Å². The number of ether oxygens (including phenoxy) is 1. The number of hydrogen-bond acceptors (Lipinski definition) is 4. The fraction of sp³-hybridized carbons (Fsp3) is 0.704. The first-order valence-electron chi connectivity index (χ1n) is 12.6. The van der Waals surface area contributed by atoms with E-state index in [0.717, 1.165) is 56.4 Å². The lowest BCUT2D eigenvalue weighted by atomic mass is 9.39. The van der Waals surface area contributed by atoms with Crippen molar-refractivity contribution < 1.29 is 14.3 Å². The molecular formula is C27H38N2O3. The SMILES string of the molecule is CC(C)(C)OC(=O)[C@@H]1[C@@H](C23CC(C2)C3)[C@H](N)[C@H](c2ccccc2)N1C(=O)C1CCCCC1. The van der Waals surface area contributed by atoms with E-state index in [1.165, 1.54) is 6.42 Å². The van der Waals surface area contributed by atoms with Gasteiger partial charge in [-0.05, 0) is 69.8 Å². The van der Waals surface area contributed by atoms with Crippen molar-refractivity contribution >= 4 is 11.9 Å². The Morgan fingerprint density at radius 3 is 2.19 bits per heavy atom. The number of nitrogens with zero attached hydrogens (tertiary/aromatic N) is 1. The molecule has 5 aliphatic rings. The average Bonchev–Trinajstić information content (AvgIpc) is 2.98. The van der Waals surface area contributed by atoms with Crippen molar-refractivity contribution in [3.05, 3.63) is 35.9 Å². The molecule has 1 aliphatic heterocycles. The van der Waals surface area contributed by atoms with Gasteiger partial charge in [-0.1, -0.05) is 49.6 Å². The number of rotatable bonds is 4. The number of amides is 1. The van der Waals surface area contributed by atoms with Crippen molar-refractivity contribution in [1.29, 1.82) is 0 Å². The monoisotopic (exact) mass is 438 g/mol. The quantitative estimate of drug-likeness (QED) is 0.697. The third kappa shape index (κ3) is 3.57. The summed E-state index contributed by atoms with van der Waals surface area (Å²) in [6.07, 6.45) is 8.58. The lowest BCUT2D eigenvalue weighted by Crippen LogP contribution is -2.63. The molecule has 4 aliphatic carbocycles. The second-order valence-electron chi connectivity index (χ2n) is 11.9. The number of carbonyl (C=O) groups is 2. The Morgan fingerprint density at radius 1 is 1.03 bits per heavy atom. The largest absolute Gasteiger partial charge is 0.458 e. The number of likely N-dealkylation sites (tertiary alicyclic amines) is 1. The van der Waals surface area contributed by atoms with Crippen LogP contribution in [0.2, 0.25) is 0 Å². The molecule has 5 fully saturated rings. The topological polar surface area (TPSA) is 72.6 Å². The molecule has 1 aromatic carbocycles. The van der Waals surface area contributed by atoms with Crippen LogP contribution in [-0.4, -0.2) is 34.5 Å². The Labute approximate surface area is 192 Å². The van der Waals surface area contributed by atoms with Crippen molar-refractivity contribution in [3.8, 4) is 0 Å². The number of hydrogen-bond donors (Lipinski definition) is 1. The smallest absolute Gasteiger partial charge is 0.329 e. The highest BCUT2D eigenvalue weighted by Gasteiger charge is 2.69. The molecule has 0 radical (unpaired) electrons. The minimum absolute atomic E-state index is 0.0149. The maximum absolute atomic E-state index is 14.1. The van der Waals surface area contributed by atoms with Gasteiger partial charge in [0.1, 0.15) is 11.6 Å². The van der Waals surface area contributed by atoms with Gasteiger partial charge in [0.05, 0.1) is 6.04 Å². The Balaban J connectivity index is 1.57. The fourth-order valence-electron chi connectivity index (χ4n) is 7.13. The summed E-state index contributed by atoms with van der Waals surface area (Å²) in [6.45, 7) is 5.70. The molecular weight excluding hydrogens is 400 g/mol. The van der Waals surface area contributed by atoms with Crippen LogP contribution in [0.3, 0.4) is 0 Å². The molecule has 6 rings (SSSR count). The highest BCUT2D eigenvalue weighted by atomic mass is 16.6. The van der Waals surface area contributed by atoms with Gasteiger partial charge >= 0.3 is 5.97 Å². The molecule has 174 valence electrons. The van der Waals surface area contributed by atoms with Gasteiger partial charge in [-0.2, -0.15) is 0 Å². The first-order valence-corrected chi connectivity index (χ1v) is 12.6. The molecule has 1 saturated heterocycles. The second kappa shape index (κ2) is 7.86. The Bertz CT molecular complexity index is 854. The average molecular weight is 439 g/mol. The minimum atomic E-state index is -0.602. The van der Waals surface area contributed by atoms with Crippen LogP contribution in [0.25, 0.3) is 0 Å². The zero-order chi connectivity index (χ0) is 22.7. The number of carbonyl (C=O) groups excluding carboxylic acids is 2. The fourth-order valence-corrected chi connectivity index (χ4v) is 7.13. The van der Waals surface area contributed by atoms with Crippen LogP contribution in [0.15, 0.2) is 30.3 Å². The van der Waals surface area contributed by atoms with Crippen molar-refractivity contribution in [1.82, 2.24) is 4.90 Å². The van der Waals surface area contributed by atoms with Crippen LogP contribution in [0, 0.1) is 23.2 Å². The van der Waals surface area contributed by atoms with Gasteiger partial charge in [-0.15, -0.1) is 0 Å². The molecule has 5 nitrogen and oxygen atoms in total. The van der Waals surface area contributed by atoms with E-state index in [1.807, 2.05) is 43.9 Å². The van der Waals surface area contributed by atoms with Crippen molar-refractivity contribution in [2.45, 2.75) is 95.9 Å². The highest BCUT2D eigenvalue weighted by molar-refractivity contribution is 5.88. The van der Waals surface area contributed by atoms with Gasteiger partial charge < -0.3 is 15.4 Å². The molecule has 5 heteroatoms.